The van der Waals surface area contributed by atoms with Gasteiger partial charge in [0.15, 0.2) is 0 Å². The maximum absolute atomic E-state index is 12.8. The van der Waals surface area contributed by atoms with Crippen molar-refractivity contribution in [2.75, 3.05) is 5.32 Å². The molecule has 0 aliphatic heterocycles. The number of carbonyl (C=O) groups is 2. The number of para-hydroxylation sites is 1. The molecule has 0 aliphatic carbocycles. The second-order valence-corrected chi connectivity index (χ2v) is 7.47. The summed E-state index contributed by atoms with van der Waals surface area (Å²) in [5.41, 5.74) is 3.75. The number of hydrogen-bond donors (Lipinski definition) is 1. The molecule has 0 saturated heterocycles. The van der Waals surface area contributed by atoms with Crippen LogP contribution in [0.25, 0.3) is 10.8 Å². The number of rotatable bonds is 6. The van der Waals surface area contributed by atoms with Crippen LogP contribution < -0.4 is 5.32 Å². The summed E-state index contributed by atoms with van der Waals surface area (Å²) >= 11 is 0. The van der Waals surface area contributed by atoms with Gasteiger partial charge in [0, 0.05) is 0 Å². The number of aryl methyl sites for hydroxylation is 1. The van der Waals surface area contributed by atoms with E-state index in [9.17, 15) is 9.59 Å². The van der Waals surface area contributed by atoms with E-state index in [-0.39, 0.29) is 18.9 Å². The van der Waals surface area contributed by atoms with Crippen LogP contribution in [0.2, 0.25) is 0 Å². The van der Waals surface area contributed by atoms with Crippen molar-refractivity contribution in [1.29, 1.82) is 0 Å². The van der Waals surface area contributed by atoms with Gasteiger partial charge < -0.3 is 10.1 Å². The highest BCUT2D eigenvalue weighted by atomic mass is 16.5. The predicted molar refractivity (Wildman–Crippen MR) is 123 cm³/mol. The number of esters is 1. The first-order valence-electron chi connectivity index (χ1n) is 10.2. The first-order chi connectivity index (χ1) is 15.1. The third-order valence-electron chi connectivity index (χ3n) is 5.10. The van der Waals surface area contributed by atoms with Gasteiger partial charge in [0.05, 0.1) is 17.7 Å². The molecule has 1 amide bonds. The Balaban J connectivity index is 1.46. The van der Waals surface area contributed by atoms with Gasteiger partial charge in [0.1, 0.15) is 6.61 Å². The van der Waals surface area contributed by atoms with Crippen molar-refractivity contribution < 1.29 is 14.3 Å². The Morgan fingerprint density at radius 1 is 0.839 bits per heavy atom. The van der Waals surface area contributed by atoms with Gasteiger partial charge >= 0.3 is 5.97 Å². The van der Waals surface area contributed by atoms with Crippen LogP contribution in [0.4, 0.5) is 5.69 Å². The van der Waals surface area contributed by atoms with E-state index in [1.807, 2.05) is 73.7 Å². The Labute approximate surface area is 181 Å². The van der Waals surface area contributed by atoms with E-state index in [2.05, 4.69) is 5.32 Å². The van der Waals surface area contributed by atoms with E-state index in [0.717, 1.165) is 27.5 Å². The average Bonchev–Trinajstić information content (AvgIpc) is 2.78. The normalized spacial score (nSPS) is 10.6. The maximum atomic E-state index is 12.8. The van der Waals surface area contributed by atoms with Crippen molar-refractivity contribution in [3.63, 3.8) is 0 Å². The highest BCUT2D eigenvalue weighted by Gasteiger charge is 2.15. The minimum Gasteiger partial charge on any atom is -0.457 e. The van der Waals surface area contributed by atoms with E-state index in [1.165, 1.54) is 0 Å². The van der Waals surface area contributed by atoms with Crippen LogP contribution in [0.5, 0.6) is 0 Å². The first-order valence-corrected chi connectivity index (χ1v) is 10.2. The molecule has 4 heteroatoms. The Morgan fingerprint density at radius 2 is 1.58 bits per heavy atom. The fraction of sp³-hybridized carbons (Fsp3) is 0.111. The van der Waals surface area contributed by atoms with Crippen LogP contribution in [-0.2, 0) is 22.6 Å². The molecule has 0 bridgehead atoms. The zero-order chi connectivity index (χ0) is 21.6. The summed E-state index contributed by atoms with van der Waals surface area (Å²) in [6.45, 7) is 2.17. The van der Waals surface area contributed by atoms with Crippen LogP contribution >= 0.6 is 0 Å². The molecule has 0 heterocycles. The van der Waals surface area contributed by atoms with E-state index >= 15 is 0 Å². The minimum absolute atomic E-state index is 0.179. The molecule has 4 aromatic rings. The Hall–Kier alpha value is -3.92. The van der Waals surface area contributed by atoms with Crippen LogP contribution in [0, 0.1) is 6.92 Å². The van der Waals surface area contributed by atoms with Gasteiger partial charge in [0.25, 0.3) is 0 Å². The van der Waals surface area contributed by atoms with Gasteiger partial charge in [-0.3, -0.25) is 4.79 Å². The number of benzene rings is 4. The van der Waals surface area contributed by atoms with Crippen molar-refractivity contribution in [3.8, 4) is 0 Å². The summed E-state index contributed by atoms with van der Waals surface area (Å²) in [6, 6.07) is 28.6. The number of nitrogens with one attached hydrogen (secondary N) is 1. The van der Waals surface area contributed by atoms with Crippen molar-refractivity contribution in [2.45, 2.75) is 20.0 Å². The number of carbonyl (C=O) groups excluding carboxylic acids is 2. The van der Waals surface area contributed by atoms with E-state index in [4.69, 9.17) is 4.74 Å². The summed E-state index contributed by atoms with van der Waals surface area (Å²) < 4.78 is 5.48. The highest BCUT2D eigenvalue weighted by Crippen LogP contribution is 2.21. The zero-order valence-electron chi connectivity index (χ0n) is 17.3. The average molecular weight is 409 g/mol. The van der Waals surface area contributed by atoms with Crippen LogP contribution in [0.15, 0.2) is 91.0 Å². The molecule has 0 radical (unpaired) electrons. The highest BCUT2D eigenvalue weighted by molar-refractivity contribution is 6.02. The van der Waals surface area contributed by atoms with E-state index in [1.54, 1.807) is 24.3 Å². The predicted octanol–water partition coefficient (Wildman–Crippen LogP) is 5.69. The van der Waals surface area contributed by atoms with Gasteiger partial charge in [-0.05, 0) is 41.0 Å². The van der Waals surface area contributed by atoms with Gasteiger partial charge in [-0.1, -0.05) is 84.4 Å². The Bertz CT molecular complexity index is 1240. The number of amides is 1. The molecule has 0 aromatic heterocycles. The third-order valence-corrected chi connectivity index (χ3v) is 5.10. The molecule has 4 nitrogen and oxygen atoms in total. The van der Waals surface area contributed by atoms with Crippen molar-refractivity contribution >= 4 is 28.3 Å². The lowest BCUT2D eigenvalue weighted by Crippen LogP contribution is -2.17. The second kappa shape index (κ2) is 9.26. The number of anilines is 1. The molecule has 0 aliphatic rings. The smallest absolute Gasteiger partial charge is 0.340 e. The molecule has 0 unspecified atom stereocenters. The van der Waals surface area contributed by atoms with Crippen molar-refractivity contribution in [2.24, 2.45) is 0 Å². The second-order valence-electron chi connectivity index (χ2n) is 7.47. The van der Waals surface area contributed by atoms with Crippen molar-refractivity contribution in [3.05, 3.63) is 113 Å². The molecular formula is C27H23NO3. The quantitative estimate of drug-likeness (QED) is 0.417. The maximum Gasteiger partial charge on any atom is 0.340 e. The van der Waals surface area contributed by atoms with Crippen LogP contribution in [-0.4, -0.2) is 11.9 Å². The van der Waals surface area contributed by atoms with Crippen molar-refractivity contribution in [1.82, 2.24) is 0 Å². The summed E-state index contributed by atoms with van der Waals surface area (Å²) in [4.78, 5) is 25.4. The Morgan fingerprint density at radius 3 is 2.45 bits per heavy atom. The largest absolute Gasteiger partial charge is 0.457 e. The minimum atomic E-state index is -0.470. The first kappa shape index (κ1) is 20.4. The molecular weight excluding hydrogens is 386 g/mol. The fourth-order valence-corrected chi connectivity index (χ4v) is 3.61. The lowest BCUT2D eigenvalue weighted by Gasteiger charge is -2.12. The van der Waals surface area contributed by atoms with E-state index < -0.39 is 5.97 Å². The number of fused-ring (bicyclic) bond motifs is 1. The summed E-state index contributed by atoms with van der Waals surface area (Å²) in [7, 11) is 0. The van der Waals surface area contributed by atoms with E-state index in [0.29, 0.717) is 11.3 Å². The SMILES string of the molecule is Cc1cccc(COC(=O)c2ccccc2NC(=O)Cc2cccc3ccccc23)c1. The molecule has 31 heavy (non-hydrogen) atoms. The Kier molecular flexibility index (Phi) is 6.08. The van der Waals surface area contributed by atoms with Gasteiger partial charge in [0.2, 0.25) is 5.91 Å². The summed E-state index contributed by atoms with van der Waals surface area (Å²) in [6.07, 6.45) is 0.216. The van der Waals surface area contributed by atoms with Gasteiger partial charge in [-0.25, -0.2) is 4.79 Å². The lowest BCUT2D eigenvalue weighted by molar-refractivity contribution is -0.115. The molecule has 0 atom stereocenters. The van der Waals surface area contributed by atoms with Gasteiger partial charge in [-0.15, -0.1) is 0 Å². The molecule has 154 valence electrons. The lowest BCUT2D eigenvalue weighted by atomic mass is 10.0. The molecule has 0 fully saturated rings. The number of hydrogen-bond acceptors (Lipinski definition) is 3. The number of ether oxygens (including phenoxy) is 1. The topological polar surface area (TPSA) is 55.4 Å². The molecule has 0 spiro atoms. The molecule has 0 saturated carbocycles. The third kappa shape index (κ3) is 4.98. The molecule has 4 rings (SSSR count). The van der Waals surface area contributed by atoms with Crippen LogP contribution in [0.3, 0.4) is 0 Å². The monoisotopic (exact) mass is 409 g/mol. The standard InChI is InChI=1S/C27H23NO3/c1-19-8-6-9-20(16-19)18-31-27(30)24-14-4-5-15-25(24)28-26(29)17-22-12-7-11-21-10-2-3-13-23(21)22/h2-16H,17-18H2,1H3,(H,28,29). The molecule has 4 aromatic carbocycles. The molecule has 1 N–H and O–H groups in total. The van der Waals surface area contributed by atoms with Gasteiger partial charge in [-0.2, -0.15) is 0 Å². The summed E-state index contributed by atoms with van der Waals surface area (Å²) in [5, 5.41) is 5.01. The fourth-order valence-electron chi connectivity index (χ4n) is 3.61. The zero-order valence-corrected chi connectivity index (χ0v) is 17.3. The summed E-state index contributed by atoms with van der Waals surface area (Å²) in [5.74, 6) is -0.655. The van der Waals surface area contributed by atoms with Crippen LogP contribution in [0.1, 0.15) is 27.0 Å².